The molecule has 0 bridgehead atoms. The van der Waals surface area contributed by atoms with Gasteiger partial charge < -0.3 is 4.90 Å². The molecule has 0 radical (unpaired) electrons. The summed E-state index contributed by atoms with van der Waals surface area (Å²) in [6.45, 7) is 2.37. The van der Waals surface area contributed by atoms with Gasteiger partial charge in [0.2, 0.25) is 0 Å². The third kappa shape index (κ3) is 5.47. The van der Waals surface area contributed by atoms with Gasteiger partial charge in [-0.1, -0.05) is 6.92 Å². The Balaban J connectivity index is 1.60. The molecule has 5 nitrogen and oxygen atoms in total. The van der Waals surface area contributed by atoms with E-state index in [-0.39, 0.29) is 28.9 Å². The van der Waals surface area contributed by atoms with E-state index in [0.717, 1.165) is 31.2 Å². The monoisotopic (exact) mass is 490 g/mol. The molecule has 0 saturated carbocycles. The highest BCUT2D eigenvalue weighted by Crippen LogP contribution is 2.32. The van der Waals surface area contributed by atoms with Gasteiger partial charge in [0.05, 0.1) is 16.7 Å². The van der Waals surface area contributed by atoms with Crippen LogP contribution in [0.15, 0.2) is 48.9 Å². The van der Waals surface area contributed by atoms with Crippen LogP contribution in [-0.2, 0) is 12.6 Å². The summed E-state index contributed by atoms with van der Waals surface area (Å²) < 4.78 is 67.4. The Morgan fingerprint density at radius 1 is 1.11 bits per heavy atom. The highest BCUT2D eigenvalue weighted by molar-refractivity contribution is 6.00. The number of likely N-dealkylation sites (tertiary alicyclic amines) is 1. The van der Waals surface area contributed by atoms with Gasteiger partial charge in [-0.3, -0.25) is 9.78 Å². The molecule has 2 atom stereocenters. The van der Waals surface area contributed by atoms with Crippen LogP contribution in [0.4, 0.5) is 22.0 Å². The molecule has 1 fully saturated rings. The van der Waals surface area contributed by atoms with Crippen LogP contribution in [0.5, 0.6) is 0 Å². The van der Waals surface area contributed by atoms with E-state index in [2.05, 4.69) is 15.0 Å². The molecule has 3 aromatic rings. The standard InChI is InChI=1S/C25H23F5N4O/c1-15-4-2-11-34(21(15)8-7-18-6-5-16(14-33-18)25(28,29)30)24(35)19-12-17(26)13-20(27)22(19)23-31-9-3-10-32-23/h3,5-6,9-10,12-15,21H,2,4,7-8,11H2,1H3/t15-,21-/m1/s1. The van der Waals surface area contributed by atoms with Crippen LogP contribution in [0.3, 0.4) is 0 Å². The van der Waals surface area contributed by atoms with E-state index in [9.17, 15) is 26.7 Å². The molecule has 0 unspecified atom stereocenters. The molecule has 184 valence electrons. The van der Waals surface area contributed by atoms with Crippen molar-refractivity contribution < 1.29 is 26.7 Å². The molecule has 1 aromatic carbocycles. The van der Waals surface area contributed by atoms with Crippen LogP contribution in [-0.4, -0.2) is 38.3 Å². The molecular weight excluding hydrogens is 467 g/mol. The van der Waals surface area contributed by atoms with Crippen molar-refractivity contribution >= 4 is 5.91 Å². The van der Waals surface area contributed by atoms with E-state index in [1.165, 1.54) is 18.5 Å². The fourth-order valence-electron chi connectivity index (χ4n) is 4.53. The van der Waals surface area contributed by atoms with Gasteiger partial charge in [-0.05, 0) is 55.9 Å². The maximum atomic E-state index is 14.8. The largest absolute Gasteiger partial charge is 0.417 e. The summed E-state index contributed by atoms with van der Waals surface area (Å²) in [7, 11) is 0. The maximum absolute atomic E-state index is 14.8. The number of piperidine rings is 1. The van der Waals surface area contributed by atoms with Crippen molar-refractivity contribution in [3.8, 4) is 11.4 Å². The maximum Gasteiger partial charge on any atom is 0.417 e. The molecule has 2 aromatic heterocycles. The molecule has 10 heteroatoms. The number of amides is 1. The molecule has 1 amide bonds. The van der Waals surface area contributed by atoms with Gasteiger partial charge in [0.25, 0.3) is 5.91 Å². The summed E-state index contributed by atoms with van der Waals surface area (Å²) in [5.41, 5.74) is -0.690. The normalized spacial score (nSPS) is 18.5. The highest BCUT2D eigenvalue weighted by Gasteiger charge is 2.35. The summed E-state index contributed by atoms with van der Waals surface area (Å²) in [5, 5.41) is 0. The number of rotatable bonds is 5. The Kier molecular flexibility index (Phi) is 7.09. The number of aryl methyl sites for hydroxylation is 1. The quantitative estimate of drug-likeness (QED) is 0.430. The molecule has 1 aliphatic heterocycles. The zero-order chi connectivity index (χ0) is 25.2. The Hall–Kier alpha value is -3.43. The fourth-order valence-corrected chi connectivity index (χ4v) is 4.53. The second-order valence-electron chi connectivity index (χ2n) is 8.64. The number of alkyl halides is 3. The van der Waals surface area contributed by atoms with Crippen molar-refractivity contribution in [2.24, 2.45) is 5.92 Å². The smallest absolute Gasteiger partial charge is 0.335 e. The minimum absolute atomic E-state index is 0.0242. The predicted molar refractivity (Wildman–Crippen MR) is 118 cm³/mol. The number of hydrogen-bond acceptors (Lipinski definition) is 4. The summed E-state index contributed by atoms with van der Waals surface area (Å²) in [6, 6.07) is 5.26. The lowest BCUT2D eigenvalue weighted by Crippen LogP contribution is -2.48. The number of pyridine rings is 1. The van der Waals surface area contributed by atoms with Gasteiger partial charge >= 0.3 is 6.18 Å². The molecule has 0 spiro atoms. The number of aromatic nitrogens is 3. The molecule has 1 saturated heterocycles. The zero-order valence-corrected chi connectivity index (χ0v) is 18.9. The summed E-state index contributed by atoms with van der Waals surface area (Å²) in [6.07, 6.45) is 1.50. The summed E-state index contributed by atoms with van der Waals surface area (Å²) in [5.74, 6) is -2.31. The molecule has 0 N–H and O–H groups in total. The van der Waals surface area contributed by atoms with Gasteiger partial charge in [0.1, 0.15) is 11.6 Å². The Labute approximate surface area is 199 Å². The summed E-state index contributed by atoms with van der Waals surface area (Å²) in [4.78, 5) is 27.2. The first-order valence-electron chi connectivity index (χ1n) is 11.2. The van der Waals surface area contributed by atoms with Gasteiger partial charge in [0.15, 0.2) is 5.82 Å². The first-order chi connectivity index (χ1) is 16.6. The first-order valence-corrected chi connectivity index (χ1v) is 11.2. The SMILES string of the molecule is C[C@@H]1CCCN(C(=O)c2cc(F)cc(F)c2-c2ncccn2)[C@@H]1CCc1ccc(C(F)(F)F)cn1. The number of halogens is 5. The lowest BCUT2D eigenvalue weighted by Gasteiger charge is -2.40. The highest BCUT2D eigenvalue weighted by atomic mass is 19.4. The van der Waals surface area contributed by atoms with Crippen molar-refractivity contribution in [2.45, 2.75) is 44.8 Å². The number of benzene rings is 1. The van der Waals surface area contributed by atoms with Gasteiger partial charge in [0, 0.05) is 42.9 Å². The van der Waals surface area contributed by atoms with Crippen molar-refractivity contribution in [1.29, 1.82) is 0 Å². The van der Waals surface area contributed by atoms with E-state index in [1.807, 2.05) is 6.92 Å². The topological polar surface area (TPSA) is 59.0 Å². The van der Waals surface area contributed by atoms with Gasteiger partial charge in [-0.25, -0.2) is 18.7 Å². The van der Waals surface area contributed by atoms with E-state index in [4.69, 9.17) is 0 Å². The number of hydrogen-bond donors (Lipinski definition) is 0. The van der Waals surface area contributed by atoms with Crippen LogP contribution in [0.25, 0.3) is 11.4 Å². The van der Waals surface area contributed by atoms with Gasteiger partial charge in [-0.15, -0.1) is 0 Å². The first kappa shape index (κ1) is 24.7. The summed E-state index contributed by atoms with van der Waals surface area (Å²) >= 11 is 0. The lowest BCUT2D eigenvalue weighted by molar-refractivity contribution is -0.137. The molecule has 35 heavy (non-hydrogen) atoms. The van der Waals surface area contributed by atoms with Crippen LogP contribution >= 0.6 is 0 Å². The minimum atomic E-state index is -4.47. The van der Waals surface area contributed by atoms with Crippen LogP contribution in [0, 0.1) is 17.6 Å². The average molecular weight is 490 g/mol. The molecule has 1 aliphatic rings. The van der Waals surface area contributed by atoms with Crippen LogP contribution in [0.1, 0.15) is 47.8 Å². The third-order valence-corrected chi connectivity index (χ3v) is 6.30. The Morgan fingerprint density at radius 2 is 1.86 bits per heavy atom. The van der Waals surface area contributed by atoms with Crippen molar-refractivity contribution in [3.05, 3.63) is 77.4 Å². The number of carbonyl (C=O) groups excluding carboxylic acids is 1. The van der Waals surface area contributed by atoms with E-state index in [0.29, 0.717) is 31.1 Å². The predicted octanol–water partition coefficient (Wildman–Crippen LogP) is 5.71. The number of nitrogens with zero attached hydrogens (tertiary/aromatic N) is 4. The third-order valence-electron chi connectivity index (χ3n) is 6.30. The van der Waals surface area contributed by atoms with E-state index in [1.54, 1.807) is 11.0 Å². The van der Waals surface area contributed by atoms with Gasteiger partial charge in [-0.2, -0.15) is 13.2 Å². The van der Waals surface area contributed by atoms with Crippen molar-refractivity contribution in [1.82, 2.24) is 19.9 Å². The molecule has 0 aliphatic carbocycles. The van der Waals surface area contributed by atoms with Crippen LogP contribution in [0.2, 0.25) is 0 Å². The molecule has 3 heterocycles. The number of carbonyl (C=O) groups is 1. The molecule has 4 rings (SSSR count). The second-order valence-corrected chi connectivity index (χ2v) is 8.64. The zero-order valence-electron chi connectivity index (χ0n) is 18.9. The van der Waals surface area contributed by atoms with Crippen LogP contribution < -0.4 is 0 Å². The van der Waals surface area contributed by atoms with Crippen molar-refractivity contribution in [3.63, 3.8) is 0 Å². The average Bonchev–Trinajstić information content (AvgIpc) is 2.82. The van der Waals surface area contributed by atoms with E-state index >= 15 is 0 Å². The molecular formula is C25H23F5N4O. The fraction of sp³-hybridized carbons (Fsp3) is 0.360. The Morgan fingerprint density at radius 3 is 2.51 bits per heavy atom. The lowest BCUT2D eigenvalue weighted by atomic mass is 9.86. The minimum Gasteiger partial charge on any atom is -0.335 e. The van der Waals surface area contributed by atoms with Crippen molar-refractivity contribution in [2.75, 3.05) is 6.54 Å². The van der Waals surface area contributed by atoms with E-state index < -0.39 is 29.3 Å². The second kappa shape index (κ2) is 10.1. The Bertz CT molecular complexity index is 1180.